The summed E-state index contributed by atoms with van der Waals surface area (Å²) in [6.07, 6.45) is 0. The van der Waals surface area contributed by atoms with Gasteiger partial charge in [-0.2, -0.15) is 0 Å². The Morgan fingerprint density at radius 1 is 1.40 bits per heavy atom. The van der Waals surface area contributed by atoms with E-state index in [-0.39, 0.29) is 11.2 Å². The van der Waals surface area contributed by atoms with E-state index >= 15 is 0 Å². The third-order valence-electron chi connectivity index (χ3n) is 2.58. The van der Waals surface area contributed by atoms with Crippen LogP contribution in [-0.4, -0.2) is 11.2 Å². The van der Waals surface area contributed by atoms with Gasteiger partial charge in [-0.1, -0.05) is 29.3 Å². The van der Waals surface area contributed by atoms with Gasteiger partial charge in [0.2, 0.25) is 5.91 Å². The van der Waals surface area contributed by atoms with Crippen molar-refractivity contribution in [1.29, 1.82) is 0 Å². The number of nitrogens with one attached hydrogen (secondary N) is 1. The lowest BCUT2D eigenvalue weighted by Gasteiger charge is -2.12. The van der Waals surface area contributed by atoms with Crippen LogP contribution in [0, 0.1) is 0 Å². The van der Waals surface area contributed by atoms with Gasteiger partial charge in [0.05, 0.1) is 16.8 Å². The number of benzene rings is 1. The molecular formula is C14H13Cl2NOS2. The summed E-state index contributed by atoms with van der Waals surface area (Å²) in [5.74, 6) is -0.0144. The average molecular weight is 346 g/mol. The monoisotopic (exact) mass is 345 g/mol. The number of carbonyl (C=O) groups excluding carboxylic acids is 1. The van der Waals surface area contributed by atoms with Crippen LogP contribution in [0.25, 0.3) is 0 Å². The smallest absolute Gasteiger partial charge is 0.233 e. The van der Waals surface area contributed by atoms with E-state index in [9.17, 15) is 4.79 Å². The highest BCUT2D eigenvalue weighted by atomic mass is 35.5. The fourth-order valence-electron chi connectivity index (χ4n) is 1.54. The first-order valence-corrected chi connectivity index (χ1v) is 8.49. The SMILES string of the molecule is C[C@@H](Sc1cc(Cl)ccc1Cl)C(=O)NCc1cccs1. The Morgan fingerprint density at radius 2 is 2.20 bits per heavy atom. The number of thiophene rings is 1. The van der Waals surface area contributed by atoms with Crippen LogP contribution >= 0.6 is 46.3 Å². The van der Waals surface area contributed by atoms with Crippen molar-refractivity contribution in [1.82, 2.24) is 5.32 Å². The second-order valence-corrected chi connectivity index (χ2v) is 7.39. The van der Waals surface area contributed by atoms with E-state index in [1.54, 1.807) is 29.5 Å². The van der Waals surface area contributed by atoms with Crippen LogP contribution < -0.4 is 5.32 Å². The molecule has 0 aliphatic heterocycles. The molecule has 1 aromatic carbocycles. The zero-order chi connectivity index (χ0) is 14.5. The number of halogens is 2. The van der Waals surface area contributed by atoms with Crippen molar-refractivity contribution in [2.45, 2.75) is 23.6 Å². The summed E-state index contributed by atoms with van der Waals surface area (Å²) in [6.45, 7) is 2.41. The van der Waals surface area contributed by atoms with Gasteiger partial charge in [-0.05, 0) is 36.6 Å². The molecule has 2 aromatic rings. The highest BCUT2D eigenvalue weighted by molar-refractivity contribution is 8.00. The molecule has 0 bridgehead atoms. The summed E-state index contributed by atoms with van der Waals surface area (Å²) >= 11 is 15.1. The van der Waals surface area contributed by atoms with Crippen molar-refractivity contribution in [3.63, 3.8) is 0 Å². The molecule has 0 spiro atoms. The van der Waals surface area contributed by atoms with Crippen LogP contribution in [0.1, 0.15) is 11.8 Å². The summed E-state index contributed by atoms with van der Waals surface area (Å²) in [7, 11) is 0. The van der Waals surface area contributed by atoms with E-state index in [0.717, 1.165) is 9.77 Å². The molecule has 1 aromatic heterocycles. The van der Waals surface area contributed by atoms with Gasteiger partial charge in [0.15, 0.2) is 0 Å². The van der Waals surface area contributed by atoms with Crippen molar-refractivity contribution in [3.8, 4) is 0 Å². The van der Waals surface area contributed by atoms with E-state index in [4.69, 9.17) is 23.2 Å². The van der Waals surface area contributed by atoms with Crippen molar-refractivity contribution in [3.05, 3.63) is 50.6 Å². The molecule has 2 rings (SSSR count). The second kappa shape index (κ2) is 7.36. The van der Waals surface area contributed by atoms with Crippen LogP contribution in [0.3, 0.4) is 0 Å². The average Bonchev–Trinajstić information content (AvgIpc) is 2.93. The molecule has 106 valence electrons. The van der Waals surface area contributed by atoms with Crippen LogP contribution in [0.2, 0.25) is 10.0 Å². The number of carbonyl (C=O) groups is 1. The summed E-state index contributed by atoms with van der Waals surface area (Å²) in [6, 6.07) is 9.21. The number of hydrogen-bond donors (Lipinski definition) is 1. The van der Waals surface area contributed by atoms with Gasteiger partial charge < -0.3 is 5.32 Å². The molecule has 6 heteroatoms. The largest absolute Gasteiger partial charge is 0.350 e. The predicted octanol–water partition coefficient (Wildman–Crippen LogP) is 4.85. The third-order valence-corrected chi connectivity index (χ3v) is 5.30. The maximum Gasteiger partial charge on any atom is 0.233 e. The first-order chi connectivity index (χ1) is 9.56. The van der Waals surface area contributed by atoms with E-state index in [1.165, 1.54) is 11.8 Å². The fourth-order valence-corrected chi connectivity index (χ4v) is 3.62. The van der Waals surface area contributed by atoms with Gasteiger partial charge in [0.25, 0.3) is 0 Å². The Labute approximate surface area is 136 Å². The van der Waals surface area contributed by atoms with E-state index < -0.39 is 0 Å². The van der Waals surface area contributed by atoms with Gasteiger partial charge in [-0.15, -0.1) is 23.1 Å². The third kappa shape index (κ3) is 4.42. The summed E-state index contributed by atoms with van der Waals surface area (Å²) < 4.78 is 0. The summed E-state index contributed by atoms with van der Waals surface area (Å²) in [4.78, 5) is 14.0. The summed E-state index contributed by atoms with van der Waals surface area (Å²) in [5.41, 5.74) is 0. The molecule has 0 saturated heterocycles. The zero-order valence-electron chi connectivity index (χ0n) is 10.7. The van der Waals surface area contributed by atoms with Crippen molar-refractivity contribution in [2.24, 2.45) is 0 Å². The van der Waals surface area contributed by atoms with Crippen LogP contribution in [0.4, 0.5) is 0 Å². The van der Waals surface area contributed by atoms with Crippen LogP contribution in [-0.2, 0) is 11.3 Å². The first-order valence-electron chi connectivity index (χ1n) is 5.98. The number of hydrogen-bond acceptors (Lipinski definition) is 3. The lowest BCUT2D eigenvalue weighted by Crippen LogP contribution is -2.30. The molecule has 0 aliphatic carbocycles. The highest BCUT2D eigenvalue weighted by Crippen LogP contribution is 2.32. The van der Waals surface area contributed by atoms with Crippen molar-refractivity contribution >= 4 is 52.2 Å². The molecule has 1 atom stereocenters. The Morgan fingerprint density at radius 3 is 2.90 bits per heavy atom. The lowest BCUT2D eigenvalue weighted by atomic mass is 10.4. The molecule has 0 radical (unpaired) electrons. The van der Waals surface area contributed by atoms with Gasteiger partial charge in [0.1, 0.15) is 0 Å². The van der Waals surface area contributed by atoms with E-state index in [2.05, 4.69) is 5.32 Å². The Balaban J connectivity index is 1.92. The van der Waals surface area contributed by atoms with E-state index in [0.29, 0.717) is 16.6 Å². The Bertz CT molecular complexity index is 587. The van der Waals surface area contributed by atoms with E-state index in [1.807, 2.05) is 24.4 Å². The number of amides is 1. The minimum Gasteiger partial charge on any atom is -0.350 e. The first kappa shape index (κ1) is 15.7. The number of thioether (sulfide) groups is 1. The van der Waals surface area contributed by atoms with Crippen LogP contribution in [0.15, 0.2) is 40.6 Å². The molecule has 1 heterocycles. The van der Waals surface area contributed by atoms with Crippen LogP contribution in [0.5, 0.6) is 0 Å². The molecule has 0 fully saturated rings. The fraction of sp³-hybridized carbons (Fsp3) is 0.214. The van der Waals surface area contributed by atoms with Crippen molar-refractivity contribution in [2.75, 3.05) is 0 Å². The van der Waals surface area contributed by atoms with Gasteiger partial charge >= 0.3 is 0 Å². The molecule has 0 aliphatic rings. The maximum absolute atomic E-state index is 12.0. The molecule has 0 unspecified atom stereocenters. The Hall–Kier alpha value is -0.680. The summed E-state index contributed by atoms with van der Waals surface area (Å²) in [5, 5.41) is 5.90. The zero-order valence-corrected chi connectivity index (χ0v) is 13.9. The Kier molecular flexibility index (Phi) is 5.78. The number of rotatable bonds is 5. The highest BCUT2D eigenvalue weighted by Gasteiger charge is 2.16. The molecule has 0 saturated carbocycles. The molecular weight excluding hydrogens is 333 g/mol. The molecule has 2 nitrogen and oxygen atoms in total. The van der Waals surface area contributed by atoms with Gasteiger partial charge in [0, 0.05) is 14.8 Å². The maximum atomic E-state index is 12.0. The molecule has 1 N–H and O–H groups in total. The second-order valence-electron chi connectivity index (χ2n) is 4.13. The normalized spacial score (nSPS) is 12.2. The topological polar surface area (TPSA) is 29.1 Å². The quantitative estimate of drug-likeness (QED) is 0.784. The predicted molar refractivity (Wildman–Crippen MR) is 87.9 cm³/mol. The standard InChI is InChI=1S/C14H13Cl2NOS2/c1-9(14(18)17-8-11-3-2-6-19-11)20-13-7-10(15)4-5-12(13)16/h2-7,9H,8H2,1H3,(H,17,18)/t9-/m1/s1. The lowest BCUT2D eigenvalue weighted by molar-refractivity contribution is -0.120. The molecule has 1 amide bonds. The molecule has 20 heavy (non-hydrogen) atoms. The van der Waals surface area contributed by atoms with Gasteiger partial charge in [-0.25, -0.2) is 0 Å². The minimum atomic E-state index is -0.231. The van der Waals surface area contributed by atoms with Crippen molar-refractivity contribution < 1.29 is 4.79 Å². The minimum absolute atomic E-state index is 0.0144. The van der Waals surface area contributed by atoms with Gasteiger partial charge in [-0.3, -0.25) is 4.79 Å².